The predicted molar refractivity (Wildman–Crippen MR) is 102 cm³/mol. The first-order valence-corrected chi connectivity index (χ1v) is 9.38. The van der Waals surface area contributed by atoms with E-state index in [0.29, 0.717) is 48.0 Å². The zero-order valence-corrected chi connectivity index (χ0v) is 16.1. The fraction of sp³-hybridized carbons (Fsp3) is 0.400. The van der Waals surface area contributed by atoms with Crippen molar-refractivity contribution < 1.29 is 14.6 Å². The van der Waals surface area contributed by atoms with E-state index in [2.05, 4.69) is 4.98 Å². The molecule has 1 aromatic carbocycles. The van der Waals surface area contributed by atoms with Crippen molar-refractivity contribution in [2.45, 2.75) is 44.3 Å². The molecule has 0 bridgehead atoms. The Balaban J connectivity index is 1.77. The van der Waals surface area contributed by atoms with Crippen LogP contribution < -0.4 is 0 Å². The third kappa shape index (κ3) is 4.09. The van der Waals surface area contributed by atoms with Gasteiger partial charge in [-0.3, -0.25) is 9.78 Å². The first-order chi connectivity index (χ1) is 12.5. The molecule has 2 aromatic rings. The molecule has 1 N–H and O–H groups in total. The fourth-order valence-corrected chi connectivity index (χ4v) is 4.23. The van der Waals surface area contributed by atoms with E-state index in [9.17, 15) is 9.90 Å². The summed E-state index contributed by atoms with van der Waals surface area (Å²) >= 11 is 12.4. The van der Waals surface area contributed by atoms with E-state index in [1.54, 1.807) is 19.4 Å². The summed E-state index contributed by atoms with van der Waals surface area (Å²) in [7, 11) is 1.61. The molecule has 1 aromatic heterocycles. The number of hydrogen-bond acceptors (Lipinski definition) is 4. The number of ketones is 1. The Kier molecular flexibility index (Phi) is 6.30. The predicted octanol–water partition coefficient (Wildman–Crippen LogP) is 4.65. The lowest BCUT2D eigenvalue weighted by Crippen LogP contribution is -2.22. The Morgan fingerprint density at radius 1 is 1.35 bits per heavy atom. The highest BCUT2D eigenvalue weighted by atomic mass is 35.5. The summed E-state index contributed by atoms with van der Waals surface area (Å²) in [6.45, 7) is 0.395. The lowest BCUT2D eigenvalue weighted by atomic mass is 9.80. The van der Waals surface area contributed by atoms with Crippen LogP contribution in [0.4, 0.5) is 0 Å². The lowest BCUT2D eigenvalue weighted by Gasteiger charge is -2.27. The van der Waals surface area contributed by atoms with Crippen LogP contribution in [0.25, 0.3) is 0 Å². The molecular weight excluding hydrogens is 373 g/mol. The molecule has 0 aliphatic heterocycles. The van der Waals surface area contributed by atoms with Gasteiger partial charge in [-0.1, -0.05) is 29.3 Å². The summed E-state index contributed by atoms with van der Waals surface area (Å²) in [6.07, 6.45) is 3.15. The van der Waals surface area contributed by atoms with Crippen molar-refractivity contribution in [2.75, 3.05) is 7.11 Å². The summed E-state index contributed by atoms with van der Waals surface area (Å²) < 4.78 is 5.22. The van der Waals surface area contributed by atoms with Gasteiger partial charge in [0.1, 0.15) is 5.78 Å². The van der Waals surface area contributed by atoms with Crippen molar-refractivity contribution in [3.8, 4) is 0 Å². The number of carbonyl (C=O) groups excluding carboxylic acids is 1. The maximum absolute atomic E-state index is 12.9. The van der Waals surface area contributed by atoms with Gasteiger partial charge < -0.3 is 9.84 Å². The molecule has 3 rings (SSSR count). The summed E-state index contributed by atoms with van der Waals surface area (Å²) in [5.74, 6) is -0.0837. The van der Waals surface area contributed by atoms with E-state index >= 15 is 0 Å². The highest BCUT2D eigenvalue weighted by Gasteiger charge is 2.31. The van der Waals surface area contributed by atoms with Gasteiger partial charge in [0.15, 0.2) is 0 Å². The second-order valence-corrected chi connectivity index (χ2v) is 7.39. The minimum Gasteiger partial charge on any atom is -0.387 e. The van der Waals surface area contributed by atoms with Gasteiger partial charge in [0.25, 0.3) is 0 Å². The molecule has 0 amide bonds. The number of nitrogens with zero attached hydrogens (tertiary/aromatic N) is 1. The first-order valence-electron chi connectivity index (χ1n) is 8.62. The quantitative estimate of drug-likeness (QED) is 0.775. The van der Waals surface area contributed by atoms with Crippen LogP contribution in [0.5, 0.6) is 0 Å². The van der Waals surface area contributed by atoms with Crippen LogP contribution in [0.3, 0.4) is 0 Å². The standard InChI is InChI=1S/C20H21Cl2NO3/c1-26-11-12-9-13(21)10-17(22)14(12)4-6-18(24)15-5-7-19(25)20-16(15)3-2-8-23-20/h2-3,8-10,15,19,25H,4-7,11H2,1H3. The zero-order valence-electron chi connectivity index (χ0n) is 14.5. The van der Waals surface area contributed by atoms with Gasteiger partial charge in [0, 0.05) is 35.7 Å². The van der Waals surface area contributed by atoms with Gasteiger partial charge in [-0.25, -0.2) is 0 Å². The molecule has 26 heavy (non-hydrogen) atoms. The van der Waals surface area contributed by atoms with Crippen molar-refractivity contribution in [3.63, 3.8) is 0 Å². The number of aliphatic hydroxyl groups is 1. The van der Waals surface area contributed by atoms with Crippen LogP contribution >= 0.6 is 23.2 Å². The molecule has 0 saturated heterocycles. The SMILES string of the molecule is COCc1cc(Cl)cc(Cl)c1CCC(=O)C1CCC(O)c2ncccc21. The van der Waals surface area contributed by atoms with Crippen molar-refractivity contribution in [1.82, 2.24) is 4.98 Å². The number of ether oxygens (including phenoxy) is 1. The number of aromatic nitrogens is 1. The smallest absolute Gasteiger partial charge is 0.140 e. The molecule has 1 heterocycles. The average Bonchev–Trinajstić information content (AvgIpc) is 2.61. The maximum atomic E-state index is 12.9. The number of Topliss-reactive ketones (excluding diaryl/α,β-unsaturated/α-hetero) is 1. The van der Waals surface area contributed by atoms with Crippen LogP contribution in [0.15, 0.2) is 30.5 Å². The van der Waals surface area contributed by atoms with E-state index in [4.69, 9.17) is 27.9 Å². The van der Waals surface area contributed by atoms with E-state index in [1.165, 1.54) is 0 Å². The number of fused-ring (bicyclic) bond motifs is 1. The third-order valence-corrected chi connectivity index (χ3v) is 5.41. The van der Waals surface area contributed by atoms with Crippen LogP contribution in [0.2, 0.25) is 10.0 Å². The normalized spacial score (nSPS) is 19.2. The van der Waals surface area contributed by atoms with Crippen molar-refractivity contribution in [2.24, 2.45) is 0 Å². The van der Waals surface area contributed by atoms with Crippen LogP contribution in [-0.4, -0.2) is 23.0 Å². The number of hydrogen-bond donors (Lipinski definition) is 1. The zero-order chi connectivity index (χ0) is 18.7. The molecule has 2 unspecified atom stereocenters. The fourth-order valence-electron chi connectivity index (χ4n) is 3.60. The lowest BCUT2D eigenvalue weighted by molar-refractivity contribution is -0.121. The molecule has 0 saturated carbocycles. The first kappa shape index (κ1) is 19.3. The van der Waals surface area contributed by atoms with Gasteiger partial charge in [0.2, 0.25) is 0 Å². The van der Waals surface area contributed by atoms with E-state index in [-0.39, 0.29) is 11.7 Å². The Labute approximate surface area is 163 Å². The molecular formula is C20H21Cl2NO3. The van der Waals surface area contributed by atoms with Gasteiger partial charge >= 0.3 is 0 Å². The summed E-state index contributed by atoms with van der Waals surface area (Å²) in [4.78, 5) is 17.1. The molecule has 0 spiro atoms. The number of pyridine rings is 1. The second-order valence-electron chi connectivity index (χ2n) is 6.55. The average molecular weight is 394 g/mol. The van der Waals surface area contributed by atoms with E-state index in [1.807, 2.05) is 18.2 Å². The molecule has 6 heteroatoms. The van der Waals surface area contributed by atoms with Crippen molar-refractivity contribution >= 4 is 29.0 Å². The van der Waals surface area contributed by atoms with Gasteiger partial charge in [-0.05, 0) is 54.2 Å². The Hall–Kier alpha value is -1.46. The van der Waals surface area contributed by atoms with Gasteiger partial charge in [0.05, 0.1) is 18.4 Å². The Morgan fingerprint density at radius 2 is 2.15 bits per heavy atom. The monoisotopic (exact) mass is 393 g/mol. The molecule has 0 radical (unpaired) electrons. The second kappa shape index (κ2) is 8.49. The summed E-state index contributed by atoms with van der Waals surface area (Å²) in [6, 6.07) is 7.22. The maximum Gasteiger partial charge on any atom is 0.140 e. The molecule has 0 fully saturated rings. The molecule has 1 aliphatic rings. The van der Waals surface area contributed by atoms with Crippen molar-refractivity contribution in [3.05, 3.63) is 62.9 Å². The number of benzene rings is 1. The van der Waals surface area contributed by atoms with E-state index in [0.717, 1.165) is 16.7 Å². The molecule has 2 atom stereocenters. The number of carbonyl (C=O) groups is 1. The van der Waals surface area contributed by atoms with Gasteiger partial charge in [-0.15, -0.1) is 0 Å². The Bertz CT molecular complexity index is 810. The highest BCUT2D eigenvalue weighted by Crippen LogP contribution is 2.37. The number of halogens is 2. The Morgan fingerprint density at radius 3 is 2.92 bits per heavy atom. The largest absolute Gasteiger partial charge is 0.387 e. The summed E-state index contributed by atoms with van der Waals surface area (Å²) in [5, 5.41) is 11.2. The van der Waals surface area contributed by atoms with Crippen LogP contribution in [0.1, 0.15) is 53.7 Å². The minimum atomic E-state index is -0.589. The third-order valence-electron chi connectivity index (χ3n) is 4.85. The summed E-state index contributed by atoms with van der Waals surface area (Å²) in [5.41, 5.74) is 3.27. The van der Waals surface area contributed by atoms with Crippen molar-refractivity contribution in [1.29, 1.82) is 0 Å². The molecule has 138 valence electrons. The number of rotatable bonds is 6. The number of methoxy groups -OCH3 is 1. The molecule has 4 nitrogen and oxygen atoms in total. The van der Waals surface area contributed by atoms with Gasteiger partial charge in [-0.2, -0.15) is 0 Å². The topological polar surface area (TPSA) is 59.4 Å². The minimum absolute atomic E-state index is 0.139. The highest BCUT2D eigenvalue weighted by molar-refractivity contribution is 6.35. The van der Waals surface area contributed by atoms with Crippen LogP contribution in [0, 0.1) is 0 Å². The van der Waals surface area contributed by atoms with Crippen LogP contribution in [-0.2, 0) is 22.6 Å². The van der Waals surface area contributed by atoms with E-state index < -0.39 is 6.10 Å². The molecule has 1 aliphatic carbocycles. The number of aliphatic hydroxyl groups excluding tert-OH is 1.